The van der Waals surface area contributed by atoms with Gasteiger partial charge in [0.15, 0.2) is 0 Å². The summed E-state index contributed by atoms with van der Waals surface area (Å²) in [6, 6.07) is 1.17. The van der Waals surface area contributed by atoms with Gasteiger partial charge in [0.1, 0.15) is 0 Å². The molecule has 2 rings (SSSR count). The lowest BCUT2D eigenvalue weighted by atomic mass is 9.94. The van der Waals surface area contributed by atoms with E-state index < -0.39 is 0 Å². The number of urea groups is 1. The van der Waals surface area contributed by atoms with E-state index in [4.69, 9.17) is 0 Å². The molecule has 1 aliphatic heterocycles. The molecule has 4 heteroatoms. The van der Waals surface area contributed by atoms with Crippen molar-refractivity contribution in [1.82, 2.24) is 15.5 Å². The van der Waals surface area contributed by atoms with Crippen LogP contribution in [0.5, 0.6) is 0 Å². The Hall–Kier alpha value is -0.770. The van der Waals surface area contributed by atoms with Gasteiger partial charge in [-0.25, -0.2) is 4.79 Å². The zero-order valence-electron chi connectivity index (χ0n) is 12.5. The summed E-state index contributed by atoms with van der Waals surface area (Å²) in [5.74, 6) is 0.551. The van der Waals surface area contributed by atoms with E-state index in [2.05, 4.69) is 24.5 Å². The zero-order valence-corrected chi connectivity index (χ0v) is 12.5. The normalized spacial score (nSPS) is 28.6. The van der Waals surface area contributed by atoms with Crippen LogP contribution in [0, 0.1) is 5.92 Å². The lowest BCUT2D eigenvalue weighted by molar-refractivity contribution is 0.147. The molecule has 0 radical (unpaired) electrons. The number of nitrogens with zero attached hydrogens (tertiary/aromatic N) is 1. The van der Waals surface area contributed by atoms with Gasteiger partial charge in [-0.05, 0) is 38.1 Å². The molecule has 0 aromatic carbocycles. The average molecular weight is 267 g/mol. The largest absolute Gasteiger partial charge is 0.335 e. The van der Waals surface area contributed by atoms with Gasteiger partial charge in [-0.1, -0.05) is 26.7 Å². The monoisotopic (exact) mass is 267 g/mol. The molecular weight excluding hydrogens is 238 g/mol. The average Bonchev–Trinajstić information content (AvgIpc) is 2.90. The highest BCUT2D eigenvalue weighted by Gasteiger charge is 2.29. The molecule has 110 valence electrons. The molecule has 0 bridgehead atoms. The number of hydrogen-bond donors (Lipinski definition) is 2. The fraction of sp³-hybridized carbons (Fsp3) is 0.933. The molecule has 2 amide bonds. The van der Waals surface area contributed by atoms with Gasteiger partial charge in [0, 0.05) is 25.2 Å². The SMILES string of the molecule is CCCNC1CCN(C(=O)NC2CCCC2)CC1C. The van der Waals surface area contributed by atoms with Crippen LogP contribution in [-0.4, -0.2) is 42.6 Å². The van der Waals surface area contributed by atoms with Crippen molar-refractivity contribution >= 4 is 6.03 Å². The summed E-state index contributed by atoms with van der Waals surface area (Å²) in [4.78, 5) is 14.2. The lowest BCUT2D eigenvalue weighted by Gasteiger charge is -2.37. The molecule has 0 aromatic rings. The minimum atomic E-state index is 0.160. The Morgan fingerprint density at radius 3 is 2.63 bits per heavy atom. The number of nitrogens with one attached hydrogen (secondary N) is 2. The zero-order chi connectivity index (χ0) is 13.7. The molecule has 0 spiro atoms. The Kier molecular flexibility index (Phi) is 5.49. The van der Waals surface area contributed by atoms with Gasteiger partial charge in [-0.3, -0.25) is 0 Å². The van der Waals surface area contributed by atoms with Gasteiger partial charge in [0.2, 0.25) is 0 Å². The van der Waals surface area contributed by atoms with E-state index >= 15 is 0 Å². The van der Waals surface area contributed by atoms with Crippen LogP contribution in [0.15, 0.2) is 0 Å². The number of piperidine rings is 1. The predicted octanol–water partition coefficient (Wildman–Crippen LogP) is 2.35. The first-order valence-electron chi connectivity index (χ1n) is 7.99. The van der Waals surface area contributed by atoms with E-state index in [1.54, 1.807) is 0 Å². The van der Waals surface area contributed by atoms with E-state index in [0.717, 1.165) is 38.9 Å². The first kappa shape index (κ1) is 14.6. The van der Waals surface area contributed by atoms with E-state index in [9.17, 15) is 4.79 Å². The Balaban J connectivity index is 1.75. The number of carbonyl (C=O) groups excluding carboxylic acids is 1. The van der Waals surface area contributed by atoms with Crippen molar-refractivity contribution in [3.8, 4) is 0 Å². The van der Waals surface area contributed by atoms with E-state index in [0.29, 0.717) is 18.0 Å². The molecule has 0 aromatic heterocycles. The van der Waals surface area contributed by atoms with Crippen molar-refractivity contribution in [3.63, 3.8) is 0 Å². The third-order valence-electron chi connectivity index (χ3n) is 4.53. The molecular formula is C15H29N3O. The number of rotatable bonds is 4. The quantitative estimate of drug-likeness (QED) is 0.821. The molecule has 2 fully saturated rings. The lowest BCUT2D eigenvalue weighted by Crippen LogP contribution is -2.53. The molecule has 4 nitrogen and oxygen atoms in total. The maximum absolute atomic E-state index is 12.2. The van der Waals surface area contributed by atoms with Gasteiger partial charge < -0.3 is 15.5 Å². The van der Waals surface area contributed by atoms with Gasteiger partial charge >= 0.3 is 6.03 Å². The third-order valence-corrected chi connectivity index (χ3v) is 4.53. The Bertz CT molecular complexity index is 289. The summed E-state index contributed by atoms with van der Waals surface area (Å²) in [6.45, 7) is 7.32. The highest BCUT2D eigenvalue weighted by molar-refractivity contribution is 5.74. The number of carbonyl (C=O) groups is 1. The summed E-state index contributed by atoms with van der Waals surface area (Å²) in [6.07, 6.45) is 7.12. The maximum atomic E-state index is 12.2. The predicted molar refractivity (Wildman–Crippen MR) is 78.2 cm³/mol. The van der Waals surface area contributed by atoms with Crippen LogP contribution in [0.1, 0.15) is 52.4 Å². The molecule has 1 saturated carbocycles. The van der Waals surface area contributed by atoms with Gasteiger partial charge in [0.25, 0.3) is 0 Å². The highest BCUT2D eigenvalue weighted by atomic mass is 16.2. The number of amides is 2. The fourth-order valence-corrected chi connectivity index (χ4v) is 3.30. The van der Waals surface area contributed by atoms with E-state index in [-0.39, 0.29) is 6.03 Å². The number of hydrogen-bond acceptors (Lipinski definition) is 2. The van der Waals surface area contributed by atoms with Crippen LogP contribution in [-0.2, 0) is 0 Å². The Morgan fingerprint density at radius 2 is 2.00 bits per heavy atom. The second-order valence-corrected chi connectivity index (χ2v) is 6.20. The van der Waals surface area contributed by atoms with Crippen molar-refractivity contribution in [2.24, 2.45) is 5.92 Å². The van der Waals surface area contributed by atoms with Crippen LogP contribution in [0.3, 0.4) is 0 Å². The minimum absolute atomic E-state index is 0.160. The molecule has 19 heavy (non-hydrogen) atoms. The van der Waals surface area contributed by atoms with Crippen LogP contribution in [0.25, 0.3) is 0 Å². The van der Waals surface area contributed by atoms with Gasteiger partial charge in [-0.15, -0.1) is 0 Å². The first-order valence-corrected chi connectivity index (χ1v) is 7.99. The third kappa shape index (κ3) is 4.10. The van der Waals surface area contributed by atoms with E-state index in [1.165, 1.54) is 19.3 Å². The Morgan fingerprint density at radius 1 is 1.26 bits per heavy atom. The summed E-state index contributed by atoms with van der Waals surface area (Å²) in [5.41, 5.74) is 0. The van der Waals surface area contributed by atoms with Crippen LogP contribution >= 0.6 is 0 Å². The summed E-state index contributed by atoms with van der Waals surface area (Å²) >= 11 is 0. The Labute approximate surface area is 117 Å². The van der Waals surface area contributed by atoms with Crippen molar-refractivity contribution in [1.29, 1.82) is 0 Å². The second kappa shape index (κ2) is 7.13. The molecule has 1 heterocycles. The van der Waals surface area contributed by atoms with Gasteiger partial charge in [-0.2, -0.15) is 0 Å². The van der Waals surface area contributed by atoms with Crippen LogP contribution in [0.4, 0.5) is 4.79 Å². The molecule has 1 aliphatic carbocycles. The smallest absolute Gasteiger partial charge is 0.317 e. The van der Waals surface area contributed by atoms with E-state index in [1.807, 2.05) is 4.90 Å². The first-order chi connectivity index (χ1) is 9.20. The van der Waals surface area contributed by atoms with Crippen molar-refractivity contribution < 1.29 is 4.79 Å². The van der Waals surface area contributed by atoms with Gasteiger partial charge in [0.05, 0.1) is 0 Å². The fourth-order valence-electron chi connectivity index (χ4n) is 3.30. The molecule has 2 aliphatic rings. The topological polar surface area (TPSA) is 44.4 Å². The summed E-state index contributed by atoms with van der Waals surface area (Å²) in [7, 11) is 0. The molecule has 2 unspecified atom stereocenters. The molecule has 2 N–H and O–H groups in total. The maximum Gasteiger partial charge on any atom is 0.317 e. The van der Waals surface area contributed by atoms with Crippen molar-refractivity contribution in [2.45, 2.75) is 64.5 Å². The minimum Gasteiger partial charge on any atom is -0.335 e. The van der Waals surface area contributed by atoms with Crippen molar-refractivity contribution in [2.75, 3.05) is 19.6 Å². The second-order valence-electron chi connectivity index (χ2n) is 6.20. The summed E-state index contributed by atoms with van der Waals surface area (Å²) in [5, 5.41) is 6.79. The standard InChI is InChI=1S/C15H29N3O/c1-3-9-16-14-8-10-18(11-12(14)2)15(19)17-13-6-4-5-7-13/h12-14,16H,3-11H2,1-2H3,(H,17,19). The molecule has 1 saturated heterocycles. The summed E-state index contributed by atoms with van der Waals surface area (Å²) < 4.78 is 0. The van der Waals surface area contributed by atoms with Crippen LogP contribution < -0.4 is 10.6 Å². The van der Waals surface area contributed by atoms with Crippen LogP contribution in [0.2, 0.25) is 0 Å². The van der Waals surface area contributed by atoms with Crippen molar-refractivity contribution in [3.05, 3.63) is 0 Å². The molecule has 2 atom stereocenters. The highest BCUT2D eigenvalue weighted by Crippen LogP contribution is 2.20. The number of likely N-dealkylation sites (tertiary alicyclic amines) is 1.